The Morgan fingerprint density at radius 1 is 0.976 bits per heavy atom. The highest BCUT2D eigenvalue weighted by atomic mass is 31.0. The van der Waals surface area contributed by atoms with Crippen molar-refractivity contribution in [1.82, 2.24) is 15.0 Å². The van der Waals surface area contributed by atoms with Crippen molar-refractivity contribution in [3.05, 3.63) is 59.5 Å². The predicted molar refractivity (Wildman–Crippen MR) is 168 cm³/mol. The summed E-state index contributed by atoms with van der Waals surface area (Å²) in [6.07, 6.45) is 7.21. The van der Waals surface area contributed by atoms with E-state index in [1.807, 2.05) is 6.92 Å². The van der Waals surface area contributed by atoms with Crippen LogP contribution in [0.5, 0.6) is 0 Å². The highest BCUT2D eigenvalue weighted by molar-refractivity contribution is 7.28. The van der Waals surface area contributed by atoms with Crippen molar-refractivity contribution in [3.8, 4) is 0 Å². The molecule has 1 atom stereocenters. The predicted octanol–water partition coefficient (Wildman–Crippen LogP) is 6.96. The Morgan fingerprint density at radius 2 is 1.71 bits per heavy atom. The highest BCUT2D eigenvalue weighted by Gasteiger charge is 2.31. The van der Waals surface area contributed by atoms with Gasteiger partial charge in [0.15, 0.2) is 0 Å². The second-order valence-corrected chi connectivity index (χ2v) is 10.5. The number of nitrogens with zero attached hydrogens (tertiary/aromatic N) is 5. The highest BCUT2D eigenvalue weighted by Crippen LogP contribution is 2.33. The van der Waals surface area contributed by atoms with E-state index in [4.69, 9.17) is 4.74 Å². The number of morpholine rings is 1. The lowest BCUT2D eigenvalue weighted by Gasteiger charge is -2.28. The van der Waals surface area contributed by atoms with Crippen LogP contribution < -0.4 is 20.9 Å². The molecule has 2 N–H and O–H groups in total. The first-order valence-corrected chi connectivity index (χ1v) is 15.0. The molecule has 1 aliphatic rings. The fourth-order valence-corrected chi connectivity index (χ4v) is 4.53. The number of aromatic nitrogens is 3. The molecule has 3 aromatic rings. The zero-order valence-corrected chi connectivity index (χ0v) is 25.7. The normalized spacial score (nSPS) is 13.5. The van der Waals surface area contributed by atoms with Gasteiger partial charge in [-0.15, -0.1) is 0 Å². The molecule has 12 heteroatoms. The average molecular weight is 604 g/mol. The fraction of sp³-hybridized carbons (Fsp3) is 0.467. The Morgan fingerprint density at radius 3 is 2.33 bits per heavy atom. The Kier molecular flexibility index (Phi) is 13.4. The van der Waals surface area contributed by atoms with Crippen molar-refractivity contribution in [2.45, 2.75) is 65.5 Å². The Bertz CT molecular complexity index is 1260. The number of benzene rings is 1. The molecule has 0 spiro atoms. The second kappa shape index (κ2) is 17.0. The summed E-state index contributed by atoms with van der Waals surface area (Å²) in [5, 5.41) is 8.05. The van der Waals surface area contributed by atoms with E-state index in [9.17, 15) is 13.2 Å². The molecule has 228 valence electrons. The van der Waals surface area contributed by atoms with Crippen LogP contribution >= 0.6 is 9.24 Å². The van der Waals surface area contributed by atoms with Crippen LogP contribution in [0, 0.1) is 0 Å². The zero-order valence-electron chi connectivity index (χ0n) is 24.5. The maximum Gasteiger partial charge on any atom is 0.416 e. The maximum atomic E-state index is 13.3. The van der Waals surface area contributed by atoms with Gasteiger partial charge in [-0.1, -0.05) is 62.1 Å². The van der Waals surface area contributed by atoms with E-state index in [1.165, 1.54) is 44.2 Å². The Labute approximate surface area is 248 Å². The topological polar surface area (TPSA) is 87.6 Å². The van der Waals surface area contributed by atoms with Crippen molar-refractivity contribution >= 4 is 43.9 Å². The third kappa shape index (κ3) is 10.8. The monoisotopic (exact) mass is 603 g/mol. The van der Waals surface area contributed by atoms with Gasteiger partial charge in [0, 0.05) is 30.3 Å². The van der Waals surface area contributed by atoms with E-state index in [0.29, 0.717) is 48.2 Å². The number of aryl methyl sites for hydroxylation is 1. The number of ether oxygens (including phenoxy) is 1. The number of alkyl halides is 3. The van der Waals surface area contributed by atoms with Gasteiger partial charge in [0.1, 0.15) is 5.82 Å². The van der Waals surface area contributed by atoms with Crippen LogP contribution in [0.1, 0.15) is 69.7 Å². The van der Waals surface area contributed by atoms with Gasteiger partial charge in [-0.25, -0.2) is 10.4 Å². The van der Waals surface area contributed by atoms with E-state index in [0.717, 1.165) is 36.7 Å². The molecule has 1 aromatic carbocycles. The molecule has 3 heterocycles. The lowest BCUT2D eigenvalue weighted by Crippen LogP contribution is -2.38. The molecule has 4 rings (SSSR count). The molecule has 0 radical (unpaired) electrons. The molecule has 0 amide bonds. The van der Waals surface area contributed by atoms with Gasteiger partial charge in [0.2, 0.25) is 5.95 Å². The summed E-state index contributed by atoms with van der Waals surface area (Å²) in [5.41, 5.74) is 4.25. The van der Waals surface area contributed by atoms with Crippen molar-refractivity contribution in [1.29, 1.82) is 0 Å². The molecule has 1 unspecified atom stereocenters. The third-order valence-electron chi connectivity index (χ3n) is 6.36. The SMILES string of the molecule is CCCCCC.CCCc1cc(Nc2ccc(/C=N/Nc3ncc(P)c(N4CCOCC4)n3)nc2)cc(C(F)(F)F)c1. The summed E-state index contributed by atoms with van der Waals surface area (Å²) in [4.78, 5) is 15.2. The van der Waals surface area contributed by atoms with Crippen LogP contribution in [0.4, 0.5) is 36.3 Å². The van der Waals surface area contributed by atoms with Crippen LogP contribution in [0.3, 0.4) is 0 Å². The molecule has 8 nitrogen and oxygen atoms in total. The van der Waals surface area contributed by atoms with Gasteiger partial charge in [-0.3, -0.25) is 4.98 Å². The average Bonchev–Trinajstić information content (AvgIpc) is 2.98. The summed E-state index contributed by atoms with van der Waals surface area (Å²) in [7, 11) is 2.64. The summed E-state index contributed by atoms with van der Waals surface area (Å²) >= 11 is 0. The summed E-state index contributed by atoms with van der Waals surface area (Å²) in [6, 6.07) is 7.46. The number of halogens is 3. The van der Waals surface area contributed by atoms with Crippen molar-refractivity contribution < 1.29 is 17.9 Å². The minimum Gasteiger partial charge on any atom is -0.378 e. The molecule has 0 saturated carbocycles. The van der Waals surface area contributed by atoms with E-state index in [2.05, 4.69) is 58.8 Å². The van der Waals surface area contributed by atoms with Crippen LogP contribution in [0.2, 0.25) is 0 Å². The third-order valence-corrected chi connectivity index (χ3v) is 6.77. The first kappa shape index (κ1) is 33.2. The standard InChI is InChI=1S/C24H27F3N7OP.C6H14/c1-2-3-16-10-17(24(25,26)27)12-20(11-16)31-19-5-4-18(28-13-19)14-30-33-23-29-15-21(36)22(32-23)34-6-8-35-9-7-34;1-3-5-6-4-2/h4-5,10-15,31H,2-3,6-9,36H2,1H3,(H,29,32,33);3-6H2,1-2H3/b30-14+;. The largest absolute Gasteiger partial charge is 0.416 e. The van der Waals surface area contributed by atoms with E-state index >= 15 is 0 Å². The molecule has 0 bridgehead atoms. The Hall–Kier alpha value is -3.30. The number of hydrazone groups is 1. The number of nitrogens with one attached hydrogen (secondary N) is 2. The smallest absolute Gasteiger partial charge is 0.378 e. The molecule has 1 fully saturated rings. The summed E-state index contributed by atoms with van der Waals surface area (Å²) < 4.78 is 45.2. The van der Waals surface area contributed by atoms with Crippen LogP contribution in [-0.4, -0.2) is 47.5 Å². The van der Waals surface area contributed by atoms with Gasteiger partial charge < -0.3 is 15.0 Å². The molecule has 1 aliphatic heterocycles. The van der Waals surface area contributed by atoms with Crippen molar-refractivity contribution in [3.63, 3.8) is 0 Å². The number of anilines is 4. The van der Waals surface area contributed by atoms with Crippen molar-refractivity contribution in [2.24, 2.45) is 5.10 Å². The molecule has 1 saturated heterocycles. The zero-order chi connectivity index (χ0) is 30.4. The minimum atomic E-state index is -4.41. The van der Waals surface area contributed by atoms with Gasteiger partial charge in [-0.05, 0) is 42.3 Å². The number of pyridine rings is 1. The summed E-state index contributed by atoms with van der Waals surface area (Å²) in [5.74, 6) is 1.16. The number of unbranched alkanes of at least 4 members (excludes halogenated alkanes) is 3. The first-order chi connectivity index (χ1) is 20.2. The molecule has 2 aromatic heterocycles. The maximum absolute atomic E-state index is 13.3. The lowest BCUT2D eigenvalue weighted by atomic mass is 10.0. The van der Waals surface area contributed by atoms with Crippen LogP contribution in [-0.2, 0) is 17.3 Å². The van der Waals surface area contributed by atoms with E-state index in [1.54, 1.807) is 24.4 Å². The van der Waals surface area contributed by atoms with E-state index < -0.39 is 11.7 Å². The number of hydrogen-bond donors (Lipinski definition) is 2. The molecular weight excluding hydrogens is 562 g/mol. The van der Waals surface area contributed by atoms with Gasteiger partial charge in [-0.2, -0.15) is 23.3 Å². The Balaban J connectivity index is 0.000000730. The van der Waals surface area contributed by atoms with E-state index in [-0.39, 0.29) is 0 Å². The number of hydrogen-bond acceptors (Lipinski definition) is 8. The van der Waals surface area contributed by atoms with Gasteiger partial charge in [0.05, 0.1) is 42.6 Å². The van der Waals surface area contributed by atoms with Gasteiger partial charge >= 0.3 is 6.18 Å². The molecular formula is C30H41F3N7OP. The quantitative estimate of drug-likeness (QED) is 0.106. The molecule has 42 heavy (non-hydrogen) atoms. The molecule has 0 aliphatic carbocycles. The summed E-state index contributed by atoms with van der Waals surface area (Å²) in [6.45, 7) is 9.21. The lowest BCUT2D eigenvalue weighted by molar-refractivity contribution is -0.137. The number of rotatable bonds is 11. The van der Waals surface area contributed by atoms with Gasteiger partial charge in [0.25, 0.3) is 0 Å². The first-order valence-electron chi connectivity index (χ1n) is 14.4. The second-order valence-electron chi connectivity index (χ2n) is 9.91. The van der Waals surface area contributed by atoms with Crippen LogP contribution in [0.15, 0.2) is 47.8 Å². The minimum absolute atomic E-state index is 0.352. The van der Waals surface area contributed by atoms with Crippen molar-refractivity contribution in [2.75, 3.05) is 41.9 Å². The van der Waals surface area contributed by atoms with Crippen LogP contribution in [0.25, 0.3) is 0 Å². The fourth-order valence-electron chi connectivity index (χ4n) is 4.20.